The van der Waals surface area contributed by atoms with Crippen LogP contribution in [0.1, 0.15) is 38.5 Å². The van der Waals surface area contributed by atoms with Crippen LogP contribution < -0.4 is 0 Å². The molecule has 0 rings (SSSR count). The molecule has 0 atom stereocenters. The van der Waals surface area contributed by atoms with E-state index in [2.05, 4.69) is 50.8 Å². The fourth-order valence-electron chi connectivity index (χ4n) is 3.01. The van der Waals surface area contributed by atoms with Crippen molar-refractivity contribution in [3.8, 4) is 0 Å². The molecule has 0 amide bonds. The predicted molar refractivity (Wildman–Crippen MR) is 132 cm³/mol. The molecule has 0 aromatic rings. The van der Waals surface area contributed by atoms with Crippen molar-refractivity contribution in [1.29, 1.82) is 0 Å². The van der Waals surface area contributed by atoms with Crippen LogP contribution in [0.3, 0.4) is 0 Å². The molecule has 0 saturated heterocycles. The van der Waals surface area contributed by atoms with E-state index in [1.807, 2.05) is 0 Å². The van der Waals surface area contributed by atoms with Crippen molar-refractivity contribution in [2.75, 3.05) is 12.4 Å². The molecule has 0 saturated carbocycles. The van der Waals surface area contributed by atoms with Crippen LogP contribution in [-0.4, -0.2) is 102 Å². The Morgan fingerprint density at radius 3 is 1.73 bits per heavy atom. The van der Waals surface area contributed by atoms with Gasteiger partial charge in [-0.05, 0) is 0 Å². The molecule has 0 bridgehead atoms. The first-order chi connectivity index (χ1) is 10.4. The van der Waals surface area contributed by atoms with Gasteiger partial charge in [-0.1, -0.05) is 0 Å². The summed E-state index contributed by atoms with van der Waals surface area (Å²) in [7, 11) is 17.5. The average Bonchev–Trinajstić information content (AvgIpc) is 2.43. The SMILES string of the molecule is [10B-][10BH][10B]([10BH2])S(=[10B][10B]([10BH2])[10BH2])(=[10B][10B]([10BH2])[10BH2])CCCCCCCCO. The summed E-state index contributed by atoms with van der Waals surface area (Å²) in [4.78, 5) is 0. The molecule has 0 aromatic carbocycles. The van der Waals surface area contributed by atoms with Crippen LogP contribution in [0.25, 0.3) is 0 Å². The molecule has 0 aliphatic carbocycles. The Hall–Kier alpha value is 1.09. The summed E-state index contributed by atoms with van der Waals surface area (Å²) in [5, 5.41) is 8.81. The molecule has 0 aromatic heterocycles. The quantitative estimate of drug-likeness (QED) is 0.282. The third-order valence-corrected chi connectivity index (χ3v) is 8.83. The Kier molecular flexibility index (Phi) is 14.1. The maximum absolute atomic E-state index is 8.81. The molecule has 0 spiro atoms. The Bertz CT molecular complexity index is 373. The van der Waals surface area contributed by atoms with Gasteiger partial charge >= 0.3 is 149 Å². The topological polar surface area (TPSA) is 20.2 Å². The second-order valence-electron chi connectivity index (χ2n) is 7.26. The summed E-state index contributed by atoms with van der Waals surface area (Å²) >= 11 is 0. The molecule has 1 N–H and O–H groups in total. The summed E-state index contributed by atoms with van der Waals surface area (Å²) in [6.07, 6.45) is 8.58. The summed E-state index contributed by atoms with van der Waals surface area (Å²) < 4.78 is 0. The van der Waals surface area contributed by atoms with Crippen LogP contribution in [0, 0.1) is 0 Å². The van der Waals surface area contributed by atoms with Crippen LogP contribution in [-0.2, 0) is 0 Å². The van der Waals surface area contributed by atoms with E-state index in [4.69, 9.17) is 12.8 Å². The van der Waals surface area contributed by atoms with Crippen molar-refractivity contribution < 1.29 is 5.11 Å². The van der Waals surface area contributed by atoms with Gasteiger partial charge in [-0.15, -0.1) is 0 Å². The number of rotatable bonds is 12. The zero-order valence-electron chi connectivity index (χ0n) is 15.7. The van der Waals surface area contributed by atoms with Crippen molar-refractivity contribution >= 4 is 92.9 Å². The van der Waals surface area contributed by atoms with E-state index in [9.17, 15) is 0 Å². The second kappa shape index (κ2) is 13.4. The molecule has 0 unspecified atom stereocenters. The first kappa shape index (κ1) is 23.1. The first-order valence-corrected chi connectivity index (χ1v) is 11.2. The molecule has 1 nitrogen and oxygen atoms in total. The second-order valence-corrected chi connectivity index (χ2v) is 10.8. The Morgan fingerprint density at radius 1 is 0.864 bits per heavy atom. The van der Waals surface area contributed by atoms with Crippen molar-refractivity contribution in [2.24, 2.45) is 0 Å². The zero-order chi connectivity index (χ0) is 17.0. The molecule has 22 heavy (non-hydrogen) atoms. The van der Waals surface area contributed by atoms with Crippen LogP contribution >= 0.6 is 8.73 Å². The first-order valence-electron chi connectivity index (χ1n) is 9.18. The molecule has 0 aliphatic rings. The van der Waals surface area contributed by atoms with Gasteiger partial charge in [0.25, 0.3) is 0 Å². The molecule has 0 aliphatic heterocycles. The number of hydrogen-bond acceptors (Lipinski definition) is 1. The molecule has 0 fully saturated rings. The van der Waals surface area contributed by atoms with Gasteiger partial charge in [0.1, 0.15) is 0 Å². The van der Waals surface area contributed by atoms with Gasteiger partial charge in [-0.2, -0.15) is 0 Å². The van der Waals surface area contributed by atoms with Crippen molar-refractivity contribution in [3.63, 3.8) is 0 Å². The van der Waals surface area contributed by atoms with Gasteiger partial charge in [0.15, 0.2) is 0 Å². The van der Waals surface area contributed by atoms with Crippen molar-refractivity contribution in [2.45, 2.75) is 38.5 Å². The summed E-state index contributed by atoms with van der Waals surface area (Å²) in [6.45, 7) is 0.341. The minimum absolute atomic E-state index is 0.341. The maximum atomic E-state index is 8.81. The third kappa shape index (κ3) is 10.1. The van der Waals surface area contributed by atoms with E-state index in [0.717, 1.165) is 13.5 Å². The monoisotopic (exact) mass is 292 g/mol. The number of unbranched alkanes of at least 4 members (excludes halogenated alkanes) is 5. The van der Waals surface area contributed by atoms with Gasteiger partial charge in [-0.25, -0.2) is 0 Å². The van der Waals surface area contributed by atoms with E-state index in [0.29, 0.717) is 25.1 Å². The van der Waals surface area contributed by atoms with E-state index in [1.165, 1.54) is 37.9 Å². The number of hydrogen-bond donors (Lipinski definition) is 1. The Labute approximate surface area is 148 Å². The molecule has 14 heteroatoms. The van der Waals surface area contributed by atoms with E-state index in [1.54, 1.807) is 0 Å². The minimum atomic E-state index is -0.836. The van der Waals surface area contributed by atoms with Gasteiger partial charge in [0, 0.05) is 0 Å². The summed E-state index contributed by atoms with van der Waals surface area (Å²) in [5.74, 6) is 1.90. The van der Waals surface area contributed by atoms with Crippen LogP contribution in [0.2, 0.25) is 0 Å². The molecule has 3 radical (unpaired) electrons. The Balaban J connectivity index is 4.81. The Morgan fingerprint density at radius 2 is 1.32 bits per heavy atom. The predicted octanol–water partition coefficient (Wildman–Crippen LogP) is -5.00. The normalized spacial score (nSPS) is 10.5. The van der Waals surface area contributed by atoms with Crippen LogP contribution in [0.15, 0.2) is 0 Å². The molecule has 109 valence electrons. The molecule has 0 heterocycles. The summed E-state index contributed by atoms with van der Waals surface area (Å²) in [5.41, 5.74) is 0. The number of aliphatic hydroxyl groups is 1. The zero-order valence-corrected chi connectivity index (χ0v) is 16.5. The van der Waals surface area contributed by atoms with Crippen molar-refractivity contribution in [1.82, 2.24) is 0 Å². The third-order valence-electron chi connectivity index (χ3n) is 4.04. The van der Waals surface area contributed by atoms with Gasteiger partial charge in [0.2, 0.25) is 0 Å². The summed E-state index contributed by atoms with van der Waals surface area (Å²) in [6, 6.07) is 5.24. The molecular weight excluding hydrogens is 264 g/mol. The van der Waals surface area contributed by atoms with Crippen molar-refractivity contribution in [3.05, 3.63) is 0 Å². The number of aliphatic hydroxyl groups excluding tert-OH is 1. The van der Waals surface area contributed by atoms with E-state index < -0.39 is 8.73 Å². The standard InChI is InChI=1S/C8H28B12OS/c9-15-20(14)22(16-18(10)11,17-19(12)13)8-6-4-2-1-3-5-7-21/h15,21H,1-8,10-14H2/q-1/i9-1,10-1,11-1,12-1,13-1,14-1,15-1,16-1,17-1,18-1,19-1,20-1. The van der Waals surface area contributed by atoms with Crippen LogP contribution in [0.4, 0.5) is 0 Å². The fourth-order valence-corrected chi connectivity index (χ4v) is 7.41. The van der Waals surface area contributed by atoms with E-state index >= 15 is 0 Å². The van der Waals surface area contributed by atoms with Crippen LogP contribution in [0.5, 0.6) is 0 Å². The molecular formula is C8H28B12OS-. The van der Waals surface area contributed by atoms with Gasteiger partial charge in [-0.3, -0.25) is 0 Å². The van der Waals surface area contributed by atoms with Gasteiger partial charge in [0.05, 0.1) is 0 Å². The fraction of sp³-hybridized carbons (Fsp3) is 1.00. The van der Waals surface area contributed by atoms with Gasteiger partial charge < -0.3 is 0 Å². The van der Waals surface area contributed by atoms with E-state index in [-0.39, 0.29) is 0 Å². The average molecular weight is 293 g/mol.